The summed E-state index contributed by atoms with van der Waals surface area (Å²) in [5, 5.41) is 11.5. The summed E-state index contributed by atoms with van der Waals surface area (Å²) in [4.78, 5) is 14.3. The molecule has 6 nitrogen and oxygen atoms in total. The van der Waals surface area contributed by atoms with Gasteiger partial charge in [-0.2, -0.15) is 5.26 Å². The second-order valence-corrected chi connectivity index (χ2v) is 9.13. The average molecular weight is 378 g/mol. The molecule has 1 fully saturated rings. The lowest BCUT2D eigenvalue weighted by Gasteiger charge is -2.30. The van der Waals surface area contributed by atoms with Crippen LogP contribution in [0.15, 0.2) is 24.3 Å². The number of hydrogen-bond acceptors (Lipinski definition) is 5. The Morgan fingerprint density at radius 1 is 1.27 bits per heavy atom. The molecule has 1 N–H and O–H groups in total. The molecule has 1 aliphatic rings. The first-order chi connectivity index (χ1) is 12.4. The number of carbonyl (C=O) groups is 1. The monoisotopic (exact) mass is 377 g/mol. The molecule has 1 aliphatic heterocycles. The van der Waals surface area contributed by atoms with Gasteiger partial charge >= 0.3 is 0 Å². The summed E-state index contributed by atoms with van der Waals surface area (Å²) >= 11 is 0. The van der Waals surface area contributed by atoms with Crippen molar-refractivity contribution in [1.82, 2.24) is 10.2 Å². The van der Waals surface area contributed by atoms with Crippen molar-refractivity contribution in [2.24, 2.45) is 5.92 Å². The maximum atomic E-state index is 12.1. The van der Waals surface area contributed by atoms with Crippen LogP contribution in [0.3, 0.4) is 0 Å². The van der Waals surface area contributed by atoms with E-state index in [-0.39, 0.29) is 5.75 Å². The Bertz CT molecular complexity index is 730. The molecule has 1 amide bonds. The maximum absolute atomic E-state index is 12.1. The molecule has 0 aromatic heterocycles. The van der Waals surface area contributed by atoms with E-state index in [4.69, 9.17) is 5.26 Å². The van der Waals surface area contributed by atoms with Crippen molar-refractivity contribution < 1.29 is 13.2 Å². The predicted octanol–water partition coefficient (Wildman–Crippen LogP) is 1.71. The van der Waals surface area contributed by atoms with Gasteiger partial charge in [0.25, 0.3) is 0 Å². The second-order valence-electron chi connectivity index (χ2n) is 7.07. The van der Waals surface area contributed by atoms with Crippen LogP contribution in [-0.2, 0) is 20.4 Å². The Morgan fingerprint density at radius 3 is 2.54 bits per heavy atom. The third-order valence-electron chi connectivity index (χ3n) is 4.67. The number of carbonyl (C=O) groups excluding carboxylic acids is 1. The highest BCUT2D eigenvalue weighted by atomic mass is 32.2. The van der Waals surface area contributed by atoms with Crippen LogP contribution in [0.4, 0.5) is 0 Å². The van der Waals surface area contributed by atoms with E-state index in [1.807, 2.05) is 6.07 Å². The SMILES string of the molecule is CC1CCN(CCCNC(=O)CS(=O)(=O)Cc2ccc(C#N)cc2)CC1. The summed E-state index contributed by atoms with van der Waals surface area (Å²) in [5.41, 5.74) is 1.06. The van der Waals surface area contributed by atoms with Crippen molar-refractivity contribution in [2.45, 2.75) is 31.9 Å². The number of nitrogens with one attached hydrogen (secondary N) is 1. The van der Waals surface area contributed by atoms with Crippen LogP contribution >= 0.6 is 0 Å². The van der Waals surface area contributed by atoms with Crippen LogP contribution in [-0.4, -0.2) is 51.2 Å². The van der Waals surface area contributed by atoms with Gasteiger partial charge < -0.3 is 10.2 Å². The fourth-order valence-electron chi connectivity index (χ4n) is 3.05. The van der Waals surface area contributed by atoms with E-state index in [9.17, 15) is 13.2 Å². The van der Waals surface area contributed by atoms with Crippen LogP contribution in [0.2, 0.25) is 0 Å². The summed E-state index contributed by atoms with van der Waals surface area (Å²) in [6.07, 6.45) is 3.27. The first-order valence-electron chi connectivity index (χ1n) is 9.06. The molecule has 1 saturated heterocycles. The molecule has 1 aromatic rings. The maximum Gasteiger partial charge on any atom is 0.235 e. The zero-order chi connectivity index (χ0) is 19.0. The minimum atomic E-state index is -3.52. The molecule has 1 heterocycles. The Labute approximate surface area is 156 Å². The molecular weight excluding hydrogens is 350 g/mol. The van der Waals surface area contributed by atoms with Gasteiger partial charge in [0.15, 0.2) is 9.84 Å². The van der Waals surface area contributed by atoms with Gasteiger partial charge in [0.05, 0.1) is 17.4 Å². The number of likely N-dealkylation sites (tertiary alicyclic amines) is 1. The third-order valence-corrected chi connectivity index (χ3v) is 6.15. The summed E-state index contributed by atoms with van der Waals surface area (Å²) in [5.74, 6) is -0.357. The molecule has 2 rings (SSSR count). The molecular formula is C19H27N3O3S. The van der Waals surface area contributed by atoms with Crippen molar-refractivity contribution in [3.05, 3.63) is 35.4 Å². The highest BCUT2D eigenvalue weighted by molar-refractivity contribution is 7.91. The quantitative estimate of drug-likeness (QED) is 0.697. The largest absolute Gasteiger partial charge is 0.355 e. The van der Waals surface area contributed by atoms with Crippen molar-refractivity contribution in [3.63, 3.8) is 0 Å². The lowest BCUT2D eigenvalue weighted by atomic mass is 9.99. The number of sulfone groups is 1. The van der Waals surface area contributed by atoms with Crippen LogP contribution in [0.5, 0.6) is 0 Å². The standard InChI is InChI=1S/C19H27N3O3S/c1-16-7-11-22(12-8-16)10-2-9-21-19(23)15-26(24,25)14-18-5-3-17(13-20)4-6-18/h3-6,16H,2,7-12,14-15H2,1H3,(H,21,23). The molecule has 1 aromatic carbocycles. The number of nitrogens with zero attached hydrogens (tertiary/aromatic N) is 2. The Kier molecular flexibility index (Phi) is 7.61. The van der Waals surface area contributed by atoms with Crippen LogP contribution in [0.25, 0.3) is 0 Å². The molecule has 0 unspecified atom stereocenters. The van der Waals surface area contributed by atoms with Gasteiger partial charge in [-0.1, -0.05) is 19.1 Å². The number of benzene rings is 1. The van der Waals surface area contributed by atoms with Crippen LogP contribution < -0.4 is 5.32 Å². The van der Waals surface area contributed by atoms with Gasteiger partial charge in [0.1, 0.15) is 5.75 Å². The van der Waals surface area contributed by atoms with Crippen molar-refractivity contribution in [3.8, 4) is 6.07 Å². The van der Waals surface area contributed by atoms with Gasteiger partial charge in [-0.05, 0) is 62.5 Å². The molecule has 26 heavy (non-hydrogen) atoms. The van der Waals surface area contributed by atoms with E-state index in [2.05, 4.69) is 17.1 Å². The van der Waals surface area contributed by atoms with Gasteiger partial charge in [-0.15, -0.1) is 0 Å². The molecule has 142 valence electrons. The van der Waals surface area contributed by atoms with E-state index >= 15 is 0 Å². The molecule has 0 aliphatic carbocycles. The van der Waals surface area contributed by atoms with E-state index in [1.165, 1.54) is 12.8 Å². The number of nitriles is 1. The van der Waals surface area contributed by atoms with E-state index in [1.54, 1.807) is 24.3 Å². The van der Waals surface area contributed by atoms with E-state index in [0.29, 0.717) is 17.7 Å². The topological polar surface area (TPSA) is 90.3 Å². The molecule has 7 heteroatoms. The normalized spacial score (nSPS) is 16.2. The first-order valence-corrected chi connectivity index (χ1v) is 10.9. The third kappa shape index (κ3) is 7.14. The van der Waals surface area contributed by atoms with Gasteiger partial charge in [-0.3, -0.25) is 4.79 Å². The minimum absolute atomic E-state index is 0.196. The van der Waals surface area contributed by atoms with Crippen molar-refractivity contribution in [1.29, 1.82) is 5.26 Å². The molecule has 0 spiro atoms. The summed E-state index contributed by atoms with van der Waals surface area (Å²) in [7, 11) is -3.52. The Hall–Kier alpha value is -1.91. The zero-order valence-corrected chi connectivity index (χ0v) is 16.1. The molecule has 0 saturated carbocycles. The van der Waals surface area contributed by atoms with Gasteiger partial charge in [0.2, 0.25) is 5.91 Å². The van der Waals surface area contributed by atoms with Crippen molar-refractivity contribution >= 4 is 15.7 Å². The fraction of sp³-hybridized carbons (Fsp3) is 0.579. The van der Waals surface area contributed by atoms with Crippen LogP contribution in [0.1, 0.15) is 37.3 Å². The number of hydrogen-bond donors (Lipinski definition) is 1. The Balaban J connectivity index is 1.68. The fourth-order valence-corrected chi connectivity index (χ4v) is 4.35. The smallest absolute Gasteiger partial charge is 0.235 e. The zero-order valence-electron chi connectivity index (χ0n) is 15.3. The van der Waals surface area contributed by atoms with E-state index < -0.39 is 21.5 Å². The summed E-state index contributed by atoms with van der Waals surface area (Å²) < 4.78 is 24.3. The highest BCUT2D eigenvalue weighted by Crippen LogP contribution is 2.15. The highest BCUT2D eigenvalue weighted by Gasteiger charge is 2.18. The van der Waals surface area contributed by atoms with Gasteiger partial charge in [0, 0.05) is 6.54 Å². The minimum Gasteiger partial charge on any atom is -0.355 e. The molecule has 0 atom stereocenters. The summed E-state index contributed by atoms with van der Waals surface area (Å²) in [6.45, 7) is 5.92. The lowest BCUT2D eigenvalue weighted by molar-refractivity contribution is -0.118. The molecule has 0 bridgehead atoms. The second kappa shape index (κ2) is 9.70. The number of amides is 1. The number of rotatable bonds is 8. The lowest BCUT2D eigenvalue weighted by Crippen LogP contribution is -2.36. The summed E-state index contributed by atoms with van der Waals surface area (Å²) in [6, 6.07) is 8.35. The Morgan fingerprint density at radius 2 is 1.92 bits per heavy atom. The van der Waals surface area contributed by atoms with E-state index in [0.717, 1.165) is 32.0 Å². The van der Waals surface area contributed by atoms with Crippen molar-refractivity contribution in [2.75, 3.05) is 31.9 Å². The first kappa shape index (κ1) is 20.4. The predicted molar refractivity (Wildman–Crippen MR) is 101 cm³/mol. The van der Waals surface area contributed by atoms with Gasteiger partial charge in [-0.25, -0.2) is 8.42 Å². The van der Waals surface area contributed by atoms with Crippen LogP contribution in [0, 0.1) is 17.2 Å². The number of piperidine rings is 1. The average Bonchev–Trinajstić information content (AvgIpc) is 2.60. The molecule has 0 radical (unpaired) electrons.